The molecular formula is C25H19F5O. The van der Waals surface area contributed by atoms with Crippen LogP contribution in [-0.4, -0.2) is 6.36 Å². The van der Waals surface area contributed by atoms with Crippen molar-refractivity contribution < 1.29 is 26.7 Å². The first-order valence-electron chi connectivity index (χ1n) is 9.84. The highest BCUT2D eigenvalue weighted by Crippen LogP contribution is 2.44. The maximum absolute atomic E-state index is 15.1. The van der Waals surface area contributed by atoms with Gasteiger partial charge < -0.3 is 4.74 Å². The molecular weight excluding hydrogens is 411 g/mol. The second-order valence-electron chi connectivity index (χ2n) is 7.57. The molecule has 0 N–H and O–H groups in total. The van der Waals surface area contributed by atoms with E-state index < -0.39 is 23.3 Å². The molecule has 0 aliphatic heterocycles. The van der Waals surface area contributed by atoms with Crippen molar-refractivity contribution in [1.82, 2.24) is 0 Å². The molecule has 0 fully saturated rings. The molecule has 0 saturated carbocycles. The van der Waals surface area contributed by atoms with Crippen LogP contribution >= 0.6 is 0 Å². The fourth-order valence-corrected chi connectivity index (χ4v) is 4.07. The highest BCUT2D eigenvalue weighted by molar-refractivity contribution is 5.86. The predicted molar refractivity (Wildman–Crippen MR) is 111 cm³/mol. The van der Waals surface area contributed by atoms with Crippen molar-refractivity contribution in [1.29, 1.82) is 0 Å². The SMILES string of the molecule is CCC1(c2ccc3c(F)c(OC(F)(F)F)ccc3c2)C=CC(c2ccccc2)=C(F)C1. The molecule has 0 saturated heterocycles. The molecule has 0 heterocycles. The van der Waals surface area contributed by atoms with Crippen molar-refractivity contribution >= 4 is 16.3 Å². The van der Waals surface area contributed by atoms with E-state index in [1.807, 2.05) is 43.3 Å². The van der Waals surface area contributed by atoms with Crippen LogP contribution in [-0.2, 0) is 5.41 Å². The Hall–Kier alpha value is -3.15. The highest BCUT2D eigenvalue weighted by atomic mass is 19.4. The molecule has 4 rings (SSSR count). The summed E-state index contributed by atoms with van der Waals surface area (Å²) in [6, 6.07) is 16.3. The first-order valence-corrected chi connectivity index (χ1v) is 9.84. The van der Waals surface area contributed by atoms with E-state index in [2.05, 4.69) is 4.74 Å². The maximum atomic E-state index is 15.1. The van der Waals surface area contributed by atoms with Gasteiger partial charge in [-0.3, -0.25) is 0 Å². The number of ether oxygens (including phenoxy) is 1. The normalized spacial score (nSPS) is 19.2. The Labute approximate surface area is 176 Å². The fourth-order valence-electron chi connectivity index (χ4n) is 4.07. The average molecular weight is 430 g/mol. The van der Waals surface area contributed by atoms with Crippen molar-refractivity contribution in [3.63, 3.8) is 0 Å². The molecule has 1 atom stereocenters. The summed E-state index contributed by atoms with van der Waals surface area (Å²) < 4.78 is 70.9. The molecule has 0 bridgehead atoms. The van der Waals surface area contributed by atoms with Crippen LogP contribution in [0.25, 0.3) is 16.3 Å². The summed E-state index contributed by atoms with van der Waals surface area (Å²) in [5.41, 5.74) is 1.46. The zero-order valence-corrected chi connectivity index (χ0v) is 16.6. The summed E-state index contributed by atoms with van der Waals surface area (Å²) >= 11 is 0. The van der Waals surface area contributed by atoms with Crippen LogP contribution in [0.5, 0.6) is 5.75 Å². The lowest BCUT2D eigenvalue weighted by Gasteiger charge is -2.33. The summed E-state index contributed by atoms with van der Waals surface area (Å²) in [6.07, 6.45) is -0.510. The van der Waals surface area contributed by atoms with E-state index in [1.165, 1.54) is 12.1 Å². The quantitative estimate of drug-likeness (QED) is 0.383. The molecule has 0 spiro atoms. The smallest absolute Gasteiger partial charge is 0.403 e. The number of fused-ring (bicyclic) bond motifs is 1. The number of halogens is 5. The van der Waals surface area contributed by atoms with Gasteiger partial charge in [0.05, 0.1) is 0 Å². The Morgan fingerprint density at radius 1 is 0.968 bits per heavy atom. The first-order chi connectivity index (χ1) is 14.7. The minimum absolute atomic E-state index is 0.0116. The zero-order valence-electron chi connectivity index (χ0n) is 16.6. The van der Waals surface area contributed by atoms with Crippen LogP contribution in [0.4, 0.5) is 22.0 Å². The Balaban J connectivity index is 1.71. The third-order valence-electron chi connectivity index (χ3n) is 5.77. The van der Waals surface area contributed by atoms with Gasteiger partial charge in [-0.15, -0.1) is 13.2 Å². The molecule has 160 valence electrons. The van der Waals surface area contributed by atoms with Gasteiger partial charge in [0.15, 0.2) is 11.6 Å². The first kappa shape index (κ1) is 21.1. The molecule has 1 nitrogen and oxygen atoms in total. The van der Waals surface area contributed by atoms with E-state index >= 15 is 4.39 Å². The van der Waals surface area contributed by atoms with E-state index in [-0.39, 0.29) is 17.6 Å². The van der Waals surface area contributed by atoms with Gasteiger partial charge in [-0.2, -0.15) is 0 Å². The summed E-state index contributed by atoms with van der Waals surface area (Å²) in [7, 11) is 0. The van der Waals surface area contributed by atoms with E-state index in [0.29, 0.717) is 17.4 Å². The third kappa shape index (κ3) is 4.07. The van der Waals surface area contributed by atoms with Crippen LogP contribution in [0.1, 0.15) is 30.9 Å². The van der Waals surface area contributed by atoms with Gasteiger partial charge in [-0.25, -0.2) is 8.78 Å². The van der Waals surface area contributed by atoms with Gasteiger partial charge in [0.1, 0.15) is 5.83 Å². The molecule has 0 aromatic heterocycles. The molecule has 0 radical (unpaired) electrons. The topological polar surface area (TPSA) is 9.23 Å². The van der Waals surface area contributed by atoms with Crippen molar-refractivity contribution in [2.45, 2.75) is 31.5 Å². The zero-order chi connectivity index (χ0) is 22.2. The monoisotopic (exact) mass is 430 g/mol. The average Bonchev–Trinajstić information content (AvgIpc) is 2.75. The lowest BCUT2D eigenvalue weighted by Crippen LogP contribution is -2.25. The van der Waals surface area contributed by atoms with E-state index in [0.717, 1.165) is 17.2 Å². The summed E-state index contributed by atoms with van der Waals surface area (Å²) in [6.45, 7) is 1.94. The number of hydrogen-bond donors (Lipinski definition) is 0. The third-order valence-corrected chi connectivity index (χ3v) is 5.77. The molecule has 6 heteroatoms. The van der Waals surface area contributed by atoms with Gasteiger partial charge in [0, 0.05) is 22.8 Å². The van der Waals surface area contributed by atoms with Crippen LogP contribution in [0, 0.1) is 5.82 Å². The molecule has 31 heavy (non-hydrogen) atoms. The van der Waals surface area contributed by atoms with Crippen LogP contribution in [0.3, 0.4) is 0 Å². The highest BCUT2D eigenvalue weighted by Gasteiger charge is 2.34. The summed E-state index contributed by atoms with van der Waals surface area (Å²) in [5, 5.41) is 0.432. The minimum Gasteiger partial charge on any atom is -0.403 e. The van der Waals surface area contributed by atoms with Gasteiger partial charge in [0.25, 0.3) is 0 Å². The Morgan fingerprint density at radius 2 is 1.71 bits per heavy atom. The number of hydrogen-bond acceptors (Lipinski definition) is 1. The van der Waals surface area contributed by atoms with Gasteiger partial charge >= 0.3 is 6.36 Å². The number of alkyl halides is 3. The summed E-state index contributed by atoms with van der Waals surface area (Å²) in [4.78, 5) is 0. The number of benzene rings is 3. The second-order valence-corrected chi connectivity index (χ2v) is 7.57. The Morgan fingerprint density at radius 3 is 2.35 bits per heavy atom. The van der Waals surface area contributed by atoms with Crippen LogP contribution in [0.15, 0.2) is 78.6 Å². The maximum Gasteiger partial charge on any atom is 0.573 e. The van der Waals surface area contributed by atoms with Crippen molar-refractivity contribution in [2.75, 3.05) is 0 Å². The molecule has 1 aliphatic rings. The molecule has 3 aromatic rings. The van der Waals surface area contributed by atoms with Crippen molar-refractivity contribution in [3.05, 3.63) is 95.6 Å². The van der Waals surface area contributed by atoms with Crippen LogP contribution in [0.2, 0.25) is 0 Å². The molecule has 1 aliphatic carbocycles. The number of allylic oxidation sites excluding steroid dienone is 4. The van der Waals surface area contributed by atoms with Gasteiger partial charge in [-0.1, -0.05) is 73.7 Å². The molecule has 0 amide bonds. The van der Waals surface area contributed by atoms with Crippen molar-refractivity contribution in [3.8, 4) is 5.75 Å². The van der Waals surface area contributed by atoms with Gasteiger partial charge in [0.2, 0.25) is 0 Å². The van der Waals surface area contributed by atoms with E-state index in [9.17, 15) is 17.6 Å². The predicted octanol–water partition coefficient (Wildman–Crippen LogP) is 7.87. The van der Waals surface area contributed by atoms with E-state index in [4.69, 9.17) is 0 Å². The number of rotatable bonds is 4. The Bertz CT molecular complexity index is 1180. The second kappa shape index (κ2) is 7.84. The molecule has 3 aromatic carbocycles. The standard InChI is InChI=1S/C25H19F5O/c1-2-24(13-12-19(21(26)15-24)16-6-4-3-5-7-16)18-9-10-20-17(14-18)8-11-22(23(20)27)31-25(28,29)30/h3-14H,2,15H2,1H3. The van der Waals surface area contributed by atoms with Gasteiger partial charge in [-0.05, 0) is 29.0 Å². The fraction of sp³-hybridized carbons (Fsp3) is 0.200. The lowest BCUT2D eigenvalue weighted by atomic mass is 9.71. The lowest BCUT2D eigenvalue weighted by molar-refractivity contribution is -0.275. The van der Waals surface area contributed by atoms with Crippen molar-refractivity contribution in [2.24, 2.45) is 0 Å². The van der Waals surface area contributed by atoms with Crippen LogP contribution < -0.4 is 4.74 Å². The molecule has 1 unspecified atom stereocenters. The van der Waals surface area contributed by atoms with E-state index in [1.54, 1.807) is 18.2 Å². The minimum atomic E-state index is -4.98. The summed E-state index contributed by atoms with van der Waals surface area (Å²) in [5.74, 6) is -2.20. The largest absolute Gasteiger partial charge is 0.573 e. The Kier molecular flexibility index (Phi) is 5.33.